The number of hydrogen-bond donors (Lipinski definition) is 1. The lowest BCUT2D eigenvalue weighted by molar-refractivity contribution is -0.133. The molecular formula is C14H28N2O4S. The third-order valence-electron chi connectivity index (χ3n) is 2.90. The van der Waals surface area contributed by atoms with Gasteiger partial charge in [-0.3, -0.25) is 4.79 Å². The van der Waals surface area contributed by atoms with E-state index in [1.54, 1.807) is 37.9 Å². The predicted octanol–water partition coefficient (Wildman–Crippen LogP) is 1.45. The first-order chi connectivity index (χ1) is 9.90. The summed E-state index contributed by atoms with van der Waals surface area (Å²) in [6.07, 6.45) is -0.433. The van der Waals surface area contributed by atoms with E-state index in [1.807, 2.05) is 13.8 Å². The molecule has 0 rings (SSSR count). The molecule has 21 heavy (non-hydrogen) atoms. The van der Waals surface area contributed by atoms with Crippen LogP contribution in [0.15, 0.2) is 0 Å². The molecule has 1 unspecified atom stereocenters. The smallest absolute Gasteiger partial charge is 0.407 e. The van der Waals surface area contributed by atoms with Gasteiger partial charge in [-0.05, 0) is 5.92 Å². The first-order valence-electron chi connectivity index (χ1n) is 7.08. The molecule has 0 radical (unpaired) electrons. The molecule has 0 saturated heterocycles. The highest BCUT2D eigenvalue weighted by Gasteiger charge is 2.23. The fourth-order valence-corrected chi connectivity index (χ4v) is 2.74. The van der Waals surface area contributed by atoms with E-state index in [9.17, 15) is 9.59 Å². The molecule has 124 valence electrons. The molecule has 0 heterocycles. The molecule has 0 aromatic heterocycles. The van der Waals surface area contributed by atoms with Crippen molar-refractivity contribution in [2.75, 3.05) is 52.5 Å². The van der Waals surface area contributed by atoms with Gasteiger partial charge in [-0.2, -0.15) is 11.8 Å². The van der Waals surface area contributed by atoms with Gasteiger partial charge in [-0.25, -0.2) is 4.79 Å². The molecule has 2 amide bonds. The number of nitrogens with zero attached hydrogens (tertiary/aromatic N) is 1. The second-order valence-corrected chi connectivity index (χ2v) is 6.36. The lowest BCUT2D eigenvalue weighted by atomic mass is 9.97. The van der Waals surface area contributed by atoms with E-state index >= 15 is 0 Å². The highest BCUT2D eigenvalue weighted by Crippen LogP contribution is 2.19. The number of methoxy groups -OCH3 is 1. The Morgan fingerprint density at radius 2 is 1.90 bits per heavy atom. The molecule has 1 atom stereocenters. The van der Waals surface area contributed by atoms with Gasteiger partial charge in [0.2, 0.25) is 5.91 Å². The number of thioether (sulfide) groups is 1. The maximum atomic E-state index is 12.0. The lowest BCUT2D eigenvalue weighted by Crippen LogP contribution is -2.34. The Hall–Kier alpha value is -0.950. The molecule has 0 saturated carbocycles. The molecular weight excluding hydrogens is 292 g/mol. The van der Waals surface area contributed by atoms with Gasteiger partial charge in [0.05, 0.1) is 6.61 Å². The number of alkyl carbamates (subject to hydrolysis) is 1. The molecule has 0 spiro atoms. The Morgan fingerprint density at radius 3 is 2.43 bits per heavy atom. The summed E-state index contributed by atoms with van der Waals surface area (Å²) in [5, 5.41) is 2.58. The summed E-state index contributed by atoms with van der Waals surface area (Å²) in [6.45, 7) is 5.34. The molecule has 0 bridgehead atoms. The normalized spacial score (nSPS) is 12.1. The topological polar surface area (TPSA) is 67.9 Å². The van der Waals surface area contributed by atoms with Crippen molar-refractivity contribution in [3.8, 4) is 0 Å². The van der Waals surface area contributed by atoms with Crippen molar-refractivity contribution in [3.63, 3.8) is 0 Å². The Bertz CT molecular complexity index is 311. The summed E-state index contributed by atoms with van der Waals surface area (Å²) in [4.78, 5) is 24.9. The summed E-state index contributed by atoms with van der Waals surface area (Å²) < 4.78 is 9.83. The van der Waals surface area contributed by atoms with Gasteiger partial charge < -0.3 is 19.7 Å². The third kappa shape index (κ3) is 9.57. The van der Waals surface area contributed by atoms with E-state index in [1.165, 1.54) is 0 Å². The van der Waals surface area contributed by atoms with Crippen LogP contribution < -0.4 is 5.32 Å². The van der Waals surface area contributed by atoms with E-state index in [4.69, 9.17) is 9.47 Å². The van der Waals surface area contributed by atoms with Crippen LogP contribution in [0.3, 0.4) is 0 Å². The second-order valence-electron chi connectivity index (χ2n) is 5.21. The van der Waals surface area contributed by atoms with Crippen molar-refractivity contribution in [1.82, 2.24) is 10.2 Å². The van der Waals surface area contributed by atoms with Crippen molar-refractivity contribution < 1.29 is 19.1 Å². The van der Waals surface area contributed by atoms with Crippen LogP contribution in [0.2, 0.25) is 0 Å². The largest absolute Gasteiger partial charge is 0.449 e. The minimum atomic E-state index is -0.433. The van der Waals surface area contributed by atoms with Crippen LogP contribution in [0, 0.1) is 11.8 Å². The Balaban J connectivity index is 3.81. The number of ether oxygens (including phenoxy) is 2. The van der Waals surface area contributed by atoms with Gasteiger partial charge in [0, 0.05) is 45.2 Å². The molecule has 0 aromatic rings. The van der Waals surface area contributed by atoms with Crippen LogP contribution in [0.1, 0.15) is 13.8 Å². The van der Waals surface area contributed by atoms with Crippen LogP contribution in [0.25, 0.3) is 0 Å². The molecule has 0 aliphatic carbocycles. The number of rotatable bonds is 10. The van der Waals surface area contributed by atoms with Crippen LogP contribution in [-0.2, 0) is 14.3 Å². The molecule has 7 heteroatoms. The van der Waals surface area contributed by atoms with Gasteiger partial charge in [0.25, 0.3) is 0 Å². The van der Waals surface area contributed by atoms with Crippen molar-refractivity contribution in [2.24, 2.45) is 11.8 Å². The van der Waals surface area contributed by atoms with Gasteiger partial charge in [0.1, 0.15) is 6.61 Å². The molecule has 6 nitrogen and oxygen atoms in total. The van der Waals surface area contributed by atoms with E-state index in [2.05, 4.69) is 5.32 Å². The average molecular weight is 320 g/mol. The van der Waals surface area contributed by atoms with Crippen LogP contribution in [0.5, 0.6) is 0 Å². The average Bonchev–Trinajstić information content (AvgIpc) is 2.41. The Kier molecular flexibility index (Phi) is 11.2. The Labute approximate surface area is 131 Å². The van der Waals surface area contributed by atoms with Gasteiger partial charge >= 0.3 is 6.09 Å². The van der Waals surface area contributed by atoms with Crippen molar-refractivity contribution >= 4 is 23.8 Å². The number of amides is 2. The lowest BCUT2D eigenvalue weighted by Gasteiger charge is -2.23. The maximum absolute atomic E-state index is 12.0. The highest BCUT2D eigenvalue weighted by atomic mass is 32.2. The third-order valence-corrected chi connectivity index (χ3v) is 3.95. The van der Waals surface area contributed by atoms with E-state index in [-0.39, 0.29) is 11.8 Å². The second kappa shape index (κ2) is 11.7. The minimum absolute atomic E-state index is 0.000490. The summed E-state index contributed by atoms with van der Waals surface area (Å²) in [5.41, 5.74) is 0. The fourth-order valence-electron chi connectivity index (χ4n) is 1.59. The van der Waals surface area contributed by atoms with E-state index < -0.39 is 6.09 Å². The van der Waals surface area contributed by atoms with Crippen molar-refractivity contribution in [1.29, 1.82) is 0 Å². The molecule has 0 aromatic carbocycles. The van der Waals surface area contributed by atoms with Crippen LogP contribution >= 0.6 is 11.8 Å². The standard InChI is InChI=1S/C14H28N2O4S/c1-11(2)12(13(17)16(3)4)10-21-9-8-20-14(18)15-6-7-19-5/h11-12H,6-10H2,1-5H3,(H,15,18). The van der Waals surface area contributed by atoms with E-state index in [0.717, 1.165) is 5.75 Å². The fraction of sp³-hybridized carbons (Fsp3) is 0.857. The molecule has 0 aliphatic rings. The van der Waals surface area contributed by atoms with Gasteiger partial charge in [-0.15, -0.1) is 0 Å². The van der Waals surface area contributed by atoms with Crippen LogP contribution in [0.4, 0.5) is 4.79 Å². The summed E-state index contributed by atoms with van der Waals surface area (Å²) >= 11 is 1.63. The number of nitrogens with one attached hydrogen (secondary N) is 1. The van der Waals surface area contributed by atoms with Crippen LogP contribution in [-0.4, -0.2) is 69.4 Å². The SMILES string of the molecule is COCCNC(=O)OCCSCC(C(=O)N(C)C)C(C)C. The summed E-state index contributed by atoms with van der Waals surface area (Å²) in [5.74, 6) is 1.87. The predicted molar refractivity (Wildman–Crippen MR) is 85.6 cm³/mol. The summed E-state index contributed by atoms with van der Waals surface area (Å²) in [7, 11) is 5.12. The number of carbonyl (C=O) groups excluding carboxylic acids is 2. The zero-order valence-corrected chi connectivity index (χ0v) is 14.5. The zero-order valence-electron chi connectivity index (χ0n) is 13.7. The van der Waals surface area contributed by atoms with Crippen molar-refractivity contribution in [2.45, 2.75) is 13.8 Å². The molecule has 0 fully saturated rings. The van der Waals surface area contributed by atoms with E-state index in [0.29, 0.717) is 31.4 Å². The maximum Gasteiger partial charge on any atom is 0.407 e. The van der Waals surface area contributed by atoms with Gasteiger partial charge in [0.15, 0.2) is 0 Å². The molecule has 1 N–H and O–H groups in total. The Morgan fingerprint density at radius 1 is 1.24 bits per heavy atom. The number of hydrogen-bond acceptors (Lipinski definition) is 5. The zero-order chi connectivity index (χ0) is 16.3. The number of carbonyl (C=O) groups is 2. The monoisotopic (exact) mass is 320 g/mol. The van der Waals surface area contributed by atoms with Gasteiger partial charge in [-0.1, -0.05) is 13.8 Å². The first kappa shape index (κ1) is 20.1. The first-order valence-corrected chi connectivity index (χ1v) is 8.24. The highest BCUT2D eigenvalue weighted by molar-refractivity contribution is 7.99. The minimum Gasteiger partial charge on any atom is -0.449 e. The summed E-state index contributed by atoms with van der Waals surface area (Å²) in [6, 6.07) is 0. The van der Waals surface area contributed by atoms with Crippen molar-refractivity contribution in [3.05, 3.63) is 0 Å². The molecule has 0 aliphatic heterocycles. The quantitative estimate of drug-likeness (QED) is 0.617.